The van der Waals surface area contributed by atoms with Crippen molar-refractivity contribution >= 4 is 61.7 Å². The summed E-state index contributed by atoms with van der Waals surface area (Å²) in [5.41, 5.74) is 3.72. The van der Waals surface area contributed by atoms with Crippen molar-refractivity contribution in [2.24, 2.45) is 0 Å². The van der Waals surface area contributed by atoms with E-state index in [-0.39, 0.29) is 12.0 Å². The van der Waals surface area contributed by atoms with Gasteiger partial charge in [-0.05, 0) is 42.0 Å². The first-order valence-electron chi connectivity index (χ1n) is 11.0. The number of fused-ring (bicyclic) bond motifs is 2. The maximum Gasteiger partial charge on any atom is 0.409 e. The molecule has 0 unspecified atom stereocenters. The van der Waals surface area contributed by atoms with Gasteiger partial charge in [0.05, 0.1) is 29.4 Å². The quantitative estimate of drug-likeness (QED) is 0.310. The Morgan fingerprint density at radius 2 is 1.94 bits per heavy atom. The van der Waals surface area contributed by atoms with Crippen molar-refractivity contribution in [3.05, 3.63) is 64.5 Å². The highest BCUT2D eigenvalue weighted by molar-refractivity contribution is 7.99. The van der Waals surface area contributed by atoms with Gasteiger partial charge in [0.15, 0.2) is 0 Å². The number of benzene rings is 2. The lowest BCUT2D eigenvalue weighted by Crippen LogP contribution is -2.35. The number of para-hydroxylation sites is 1. The van der Waals surface area contributed by atoms with Crippen LogP contribution in [0.4, 0.5) is 9.80 Å². The molecule has 6 nitrogen and oxygen atoms in total. The van der Waals surface area contributed by atoms with Crippen LogP contribution in [-0.2, 0) is 17.7 Å². The molecule has 0 saturated carbocycles. The van der Waals surface area contributed by atoms with Crippen LogP contribution < -0.4 is 5.32 Å². The average molecular weight is 510 g/mol. The zero-order valence-electron chi connectivity index (χ0n) is 18.8. The number of thioether (sulfide) groups is 1. The van der Waals surface area contributed by atoms with Gasteiger partial charge in [-0.2, -0.15) is 0 Å². The fraction of sp³-hybridized carbons (Fsp3) is 0.240. The zero-order valence-corrected chi connectivity index (χ0v) is 21.2. The number of carbonyl (C=O) groups is 2. The third kappa shape index (κ3) is 4.31. The number of hydrogen-bond donors (Lipinski definition) is 1. The largest absolute Gasteiger partial charge is 0.453 e. The van der Waals surface area contributed by atoms with Crippen molar-refractivity contribution in [3.63, 3.8) is 0 Å². The summed E-state index contributed by atoms with van der Waals surface area (Å²) in [6.07, 6.45) is 0.348. The molecular formula is C25H23N3O3S3. The van der Waals surface area contributed by atoms with Crippen molar-refractivity contribution < 1.29 is 14.3 Å². The Morgan fingerprint density at radius 3 is 2.74 bits per heavy atom. The van der Waals surface area contributed by atoms with Crippen LogP contribution in [0.1, 0.15) is 27.7 Å². The van der Waals surface area contributed by atoms with E-state index in [1.807, 2.05) is 42.5 Å². The molecule has 0 spiro atoms. The Morgan fingerprint density at radius 1 is 1.15 bits per heavy atom. The smallest absolute Gasteiger partial charge is 0.409 e. The number of thiazole rings is 1. The number of rotatable bonds is 5. The molecule has 5 rings (SSSR count). The lowest BCUT2D eigenvalue weighted by molar-refractivity contribution is 0.102. The Hall–Kier alpha value is -2.88. The van der Waals surface area contributed by atoms with Crippen LogP contribution in [-0.4, -0.2) is 41.3 Å². The minimum absolute atomic E-state index is 0.137. The minimum Gasteiger partial charge on any atom is -0.453 e. The van der Waals surface area contributed by atoms with E-state index in [1.54, 1.807) is 28.0 Å². The predicted molar refractivity (Wildman–Crippen MR) is 140 cm³/mol. The molecule has 0 bridgehead atoms. The molecule has 0 aliphatic carbocycles. The van der Waals surface area contributed by atoms with Crippen molar-refractivity contribution in [3.8, 4) is 10.6 Å². The molecule has 2 aromatic carbocycles. The summed E-state index contributed by atoms with van der Waals surface area (Å²) in [5, 5.41) is 4.84. The molecule has 1 aliphatic rings. The highest BCUT2D eigenvalue weighted by Crippen LogP contribution is 2.46. The number of anilines is 1. The Labute approximate surface area is 210 Å². The van der Waals surface area contributed by atoms with Gasteiger partial charge in [0.2, 0.25) is 0 Å². The molecule has 2 aromatic heterocycles. The van der Waals surface area contributed by atoms with Crippen LogP contribution in [0, 0.1) is 0 Å². The fourth-order valence-electron chi connectivity index (χ4n) is 4.09. The highest BCUT2D eigenvalue weighted by Gasteiger charge is 2.30. The molecule has 1 aliphatic heterocycles. The minimum atomic E-state index is -0.336. The topological polar surface area (TPSA) is 71.5 Å². The summed E-state index contributed by atoms with van der Waals surface area (Å²) in [6, 6.07) is 15.7. The Kier molecular flexibility index (Phi) is 6.58. The molecule has 34 heavy (non-hydrogen) atoms. The molecule has 1 N–H and O–H groups in total. The van der Waals surface area contributed by atoms with Gasteiger partial charge in [-0.1, -0.05) is 31.2 Å². The van der Waals surface area contributed by atoms with Crippen LogP contribution in [0.2, 0.25) is 0 Å². The SMILES string of the molecule is CCSc1ccccc1C(=O)Nc1sc2c(c1-c1nc3ccccc3s1)CCN(C(=O)OC)C2. The van der Waals surface area contributed by atoms with Gasteiger partial charge in [0, 0.05) is 21.9 Å². The van der Waals surface area contributed by atoms with E-state index >= 15 is 0 Å². The summed E-state index contributed by atoms with van der Waals surface area (Å²) in [5.74, 6) is 0.750. The van der Waals surface area contributed by atoms with Crippen LogP contribution in [0.25, 0.3) is 20.8 Å². The molecule has 0 fully saturated rings. The molecular weight excluding hydrogens is 486 g/mol. The molecule has 2 amide bonds. The van der Waals surface area contributed by atoms with E-state index in [4.69, 9.17) is 9.72 Å². The zero-order chi connectivity index (χ0) is 23.7. The van der Waals surface area contributed by atoms with Gasteiger partial charge < -0.3 is 15.0 Å². The van der Waals surface area contributed by atoms with E-state index in [0.29, 0.717) is 25.1 Å². The number of ether oxygens (including phenoxy) is 1. The van der Waals surface area contributed by atoms with Crippen LogP contribution >= 0.6 is 34.4 Å². The third-order valence-corrected chi connectivity index (χ3v) is 8.80. The maximum absolute atomic E-state index is 13.4. The standard InChI is InChI=1S/C25H23N3O3S3/c1-3-32-18-10-6-4-8-16(18)22(29)27-24-21(23-26-17-9-5-7-11-19(17)33-23)15-12-13-28(25(30)31-2)14-20(15)34-24/h4-11H,3,12-14H2,1-2H3,(H,27,29). The molecule has 4 aromatic rings. The first kappa shape index (κ1) is 22.9. The number of aromatic nitrogens is 1. The second-order valence-electron chi connectivity index (χ2n) is 7.72. The van der Waals surface area contributed by atoms with Crippen molar-refractivity contribution in [2.75, 3.05) is 24.7 Å². The first-order chi connectivity index (χ1) is 16.6. The van der Waals surface area contributed by atoms with Gasteiger partial charge in [-0.25, -0.2) is 9.78 Å². The van der Waals surface area contributed by atoms with Crippen molar-refractivity contribution in [1.82, 2.24) is 9.88 Å². The number of hydrogen-bond acceptors (Lipinski definition) is 7. The molecule has 0 radical (unpaired) electrons. The van der Waals surface area contributed by atoms with E-state index in [0.717, 1.165) is 46.9 Å². The summed E-state index contributed by atoms with van der Waals surface area (Å²) in [4.78, 5) is 34.1. The molecule has 0 atom stereocenters. The van der Waals surface area contributed by atoms with E-state index < -0.39 is 0 Å². The van der Waals surface area contributed by atoms with Gasteiger partial charge in [-0.3, -0.25) is 4.79 Å². The number of nitrogens with one attached hydrogen (secondary N) is 1. The lowest BCUT2D eigenvalue weighted by Gasteiger charge is -2.25. The van der Waals surface area contributed by atoms with E-state index in [9.17, 15) is 9.59 Å². The van der Waals surface area contributed by atoms with Crippen LogP contribution in [0.15, 0.2) is 53.4 Å². The summed E-state index contributed by atoms with van der Waals surface area (Å²) in [7, 11) is 1.40. The first-order valence-corrected chi connectivity index (χ1v) is 13.6. The molecule has 174 valence electrons. The number of nitrogens with zero attached hydrogens (tertiary/aromatic N) is 2. The summed E-state index contributed by atoms with van der Waals surface area (Å²) < 4.78 is 6.04. The van der Waals surface area contributed by atoms with E-state index in [2.05, 4.69) is 18.3 Å². The monoisotopic (exact) mass is 509 g/mol. The second-order valence-corrected chi connectivity index (χ2v) is 11.2. The normalized spacial score (nSPS) is 13.1. The number of amides is 2. The molecule has 3 heterocycles. The van der Waals surface area contributed by atoms with Crippen LogP contribution in [0.5, 0.6) is 0 Å². The molecule has 9 heteroatoms. The Balaban J connectivity index is 1.57. The van der Waals surface area contributed by atoms with Gasteiger partial charge in [0.25, 0.3) is 5.91 Å². The third-order valence-electron chi connectivity index (χ3n) is 5.66. The van der Waals surface area contributed by atoms with Gasteiger partial charge >= 0.3 is 6.09 Å². The highest BCUT2D eigenvalue weighted by atomic mass is 32.2. The molecule has 0 saturated heterocycles. The average Bonchev–Trinajstić information content (AvgIpc) is 3.44. The van der Waals surface area contributed by atoms with Gasteiger partial charge in [0.1, 0.15) is 10.0 Å². The number of carbonyl (C=O) groups excluding carboxylic acids is 2. The number of thiophene rings is 1. The maximum atomic E-state index is 13.4. The summed E-state index contributed by atoms with van der Waals surface area (Å²) in [6.45, 7) is 3.10. The lowest BCUT2D eigenvalue weighted by atomic mass is 10.0. The fourth-order valence-corrected chi connectivity index (χ4v) is 7.26. The van der Waals surface area contributed by atoms with E-state index in [1.165, 1.54) is 18.4 Å². The number of methoxy groups -OCH3 is 1. The predicted octanol–water partition coefficient (Wildman–Crippen LogP) is 6.51. The summed E-state index contributed by atoms with van der Waals surface area (Å²) >= 11 is 4.79. The van der Waals surface area contributed by atoms with Crippen molar-refractivity contribution in [1.29, 1.82) is 0 Å². The van der Waals surface area contributed by atoms with Crippen molar-refractivity contribution in [2.45, 2.75) is 24.8 Å². The second kappa shape index (κ2) is 9.77. The Bertz CT molecular complexity index is 1350. The van der Waals surface area contributed by atoms with Gasteiger partial charge in [-0.15, -0.1) is 34.4 Å². The van der Waals surface area contributed by atoms with Crippen LogP contribution in [0.3, 0.4) is 0 Å².